The van der Waals surface area contributed by atoms with Gasteiger partial charge in [-0.2, -0.15) is 0 Å². The zero-order chi connectivity index (χ0) is 11.3. The van der Waals surface area contributed by atoms with E-state index in [0.29, 0.717) is 6.04 Å². The van der Waals surface area contributed by atoms with Crippen molar-refractivity contribution >= 4 is 0 Å². The van der Waals surface area contributed by atoms with Gasteiger partial charge in [0.05, 0.1) is 6.61 Å². The van der Waals surface area contributed by atoms with Crippen molar-refractivity contribution in [1.29, 1.82) is 0 Å². The summed E-state index contributed by atoms with van der Waals surface area (Å²) in [6, 6.07) is 8.81. The monoisotopic (exact) mass is 207 g/mol. The third-order valence-corrected chi connectivity index (χ3v) is 2.67. The predicted octanol–water partition coefficient (Wildman–Crippen LogP) is 2.58. The molecule has 1 atom stereocenters. The Bertz CT molecular complexity index is 296. The van der Waals surface area contributed by atoms with E-state index in [1.165, 1.54) is 5.56 Å². The minimum Gasteiger partial charge on any atom is -0.494 e. The summed E-state index contributed by atoms with van der Waals surface area (Å²) in [6.07, 6.45) is 1.03. The first-order chi connectivity index (χ1) is 7.15. The van der Waals surface area contributed by atoms with Crippen LogP contribution < -0.4 is 4.74 Å². The Balaban J connectivity index is 2.74. The molecule has 2 nitrogen and oxygen atoms in total. The molecule has 0 amide bonds. The molecular formula is C13H21NO. The molecule has 0 fully saturated rings. The third kappa shape index (κ3) is 3.56. The Morgan fingerprint density at radius 1 is 1.27 bits per heavy atom. The molecule has 0 saturated heterocycles. The SMILES string of the molecule is CCOc1ccccc1CC(C)N(C)C. The number of rotatable bonds is 5. The lowest BCUT2D eigenvalue weighted by Gasteiger charge is -2.21. The molecule has 2 heteroatoms. The molecule has 0 radical (unpaired) electrons. The molecule has 0 N–H and O–H groups in total. The Morgan fingerprint density at radius 2 is 1.93 bits per heavy atom. The molecule has 84 valence electrons. The fourth-order valence-corrected chi connectivity index (χ4v) is 1.47. The van der Waals surface area contributed by atoms with Gasteiger partial charge in [-0.25, -0.2) is 0 Å². The van der Waals surface area contributed by atoms with Gasteiger partial charge in [0, 0.05) is 6.04 Å². The molecule has 0 spiro atoms. The summed E-state index contributed by atoms with van der Waals surface area (Å²) in [5.74, 6) is 1.02. The summed E-state index contributed by atoms with van der Waals surface area (Å²) in [4.78, 5) is 2.22. The molecule has 0 saturated carbocycles. The van der Waals surface area contributed by atoms with E-state index in [9.17, 15) is 0 Å². The summed E-state index contributed by atoms with van der Waals surface area (Å²) in [5.41, 5.74) is 1.29. The highest BCUT2D eigenvalue weighted by Gasteiger charge is 2.09. The molecule has 0 aromatic heterocycles. The molecule has 0 aliphatic carbocycles. The van der Waals surface area contributed by atoms with Crippen molar-refractivity contribution < 1.29 is 4.74 Å². The predicted molar refractivity (Wildman–Crippen MR) is 64.5 cm³/mol. The van der Waals surface area contributed by atoms with E-state index in [-0.39, 0.29) is 0 Å². The number of likely N-dealkylation sites (N-methyl/N-ethyl adjacent to an activating group) is 1. The van der Waals surface area contributed by atoms with Crippen molar-refractivity contribution in [2.45, 2.75) is 26.3 Å². The van der Waals surface area contributed by atoms with Crippen LogP contribution in [0.3, 0.4) is 0 Å². The number of ether oxygens (including phenoxy) is 1. The zero-order valence-corrected chi connectivity index (χ0v) is 10.2. The molecule has 1 aromatic carbocycles. The fourth-order valence-electron chi connectivity index (χ4n) is 1.47. The normalized spacial score (nSPS) is 12.9. The lowest BCUT2D eigenvalue weighted by molar-refractivity contribution is 0.301. The smallest absolute Gasteiger partial charge is 0.122 e. The van der Waals surface area contributed by atoms with Crippen LogP contribution in [0.15, 0.2) is 24.3 Å². The van der Waals surface area contributed by atoms with Crippen LogP contribution in [0.25, 0.3) is 0 Å². The van der Waals surface area contributed by atoms with Gasteiger partial charge in [0.2, 0.25) is 0 Å². The van der Waals surface area contributed by atoms with Crippen molar-refractivity contribution in [1.82, 2.24) is 4.90 Å². The van der Waals surface area contributed by atoms with Crippen molar-refractivity contribution in [2.75, 3.05) is 20.7 Å². The average Bonchev–Trinajstić information content (AvgIpc) is 2.21. The van der Waals surface area contributed by atoms with Gasteiger partial charge in [-0.15, -0.1) is 0 Å². The second-order valence-electron chi connectivity index (χ2n) is 4.06. The summed E-state index contributed by atoms with van der Waals surface area (Å²) in [7, 11) is 4.21. The van der Waals surface area contributed by atoms with E-state index < -0.39 is 0 Å². The third-order valence-electron chi connectivity index (χ3n) is 2.67. The molecule has 1 unspecified atom stereocenters. The molecule has 0 aliphatic heterocycles. The zero-order valence-electron chi connectivity index (χ0n) is 10.2. The van der Waals surface area contributed by atoms with Crippen LogP contribution in [0.5, 0.6) is 5.75 Å². The van der Waals surface area contributed by atoms with Crippen LogP contribution in [0, 0.1) is 0 Å². The van der Waals surface area contributed by atoms with Gasteiger partial charge in [-0.1, -0.05) is 18.2 Å². The molecule has 0 heterocycles. The van der Waals surface area contributed by atoms with Crippen molar-refractivity contribution in [3.8, 4) is 5.75 Å². The van der Waals surface area contributed by atoms with Gasteiger partial charge in [-0.05, 0) is 46.0 Å². The number of para-hydroxylation sites is 1. The van der Waals surface area contributed by atoms with Gasteiger partial charge in [0.25, 0.3) is 0 Å². The Hall–Kier alpha value is -1.02. The van der Waals surface area contributed by atoms with E-state index in [0.717, 1.165) is 18.8 Å². The first-order valence-electron chi connectivity index (χ1n) is 5.52. The Labute approximate surface area is 92.9 Å². The van der Waals surface area contributed by atoms with Crippen molar-refractivity contribution in [3.63, 3.8) is 0 Å². The second-order valence-corrected chi connectivity index (χ2v) is 4.06. The first-order valence-corrected chi connectivity index (χ1v) is 5.52. The summed E-state index contributed by atoms with van der Waals surface area (Å²) >= 11 is 0. The Kier molecular flexibility index (Phi) is 4.63. The van der Waals surface area contributed by atoms with Gasteiger partial charge in [0.15, 0.2) is 0 Å². The fraction of sp³-hybridized carbons (Fsp3) is 0.538. The Morgan fingerprint density at radius 3 is 2.53 bits per heavy atom. The quantitative estimate of drug-likeness (QED) is 0.736. The summed E-state index contributed by atoms with van der Waals surface area (Å²) in [5, 5.41) is 0. The van der Waals surface area contributed by atoms with E-state index in [4.69, 9.17) is 4.74 Å². The molecule has 1 aromatic rings. The maximum absolute atomic E-state index is 5.60. The second kappa shape index (κ2) is 5.76. The molecule has 0 bridgehead atoms. The van der Waals surface area contributed by atoms with Gasteiger partial charge < -0.3 is 9.64 Å². The maximum atomic E-state index is 5.60. The lowest BCUT2D eigenvalue weighted by Crippen LogP contribution is -2.26. The number of nitrogens with zero attached hydrogens (tertiary/aromatic N) is 1. The average molecular weight is 207 g/mol. The largest absolute Gasteiger partial charge is 0.494 e. The minimum absolute atomic E-state index is 0.534. The standard InChI is InChI=1S/C13H21NO/c1-5-15-13-9-7-6-8-12(13)10-11(2)14(3)4/h6-9,11H,5,10H2,1-4H3. The number of hydrogen-bond donors (Lipinski definition) is 0. The van der Waals surface area contributed by atoms with Crippen LogP contribution in [0.1, 0.15) is 19.4 Å². The van der Waals surface area contributed by atoms with E-state index >= 15 is 0 Å². The lowest BCUT2D eigenvalue weighted by atomic mass is 10.1. The van der Waals surface area contributed by atoms with Crippen LogP contribution in [-0.2, 0) is 6.42 Å². The molecule has 0 aliphatic rings. The van der Waals surface area contributed by atoms with Crippen molar-refractivity contribution in [3.05, 3.63) is 29.8 Å². The van der Waals surface area contributed by atoms with Gasteiger partial charge >= 0.3 is 0 Å². The summed E-state index contributed by atoms with van der Waals surface area (Å²) < 4.78 is 5.60. The molecular weight excluding hydrogens is 186 g/mol. The summed E-state index contributed by atoms with van der Waals surface area (Å²) in [6.45, 7) is 4.97. The van der Waals surface area contributed by atoms with Gasteiger partial charge in [0.1, 0.15) is 5.75 Å². The van der Waals surface area contributed by atoms with Gasteiger partial charge in [-0.3, -0.25) is 0 Å². The van der Waals surface area contributed by atoms with Crippen LogP contribution in [0.4, 0.5) is 0 Å². The topological polar surface area (TPSA) is 12.5 Å². The van der Waals surface area contributed by atoms with E-state index in [1.54, 1.807) is 0 Å². The van der Waals surface area contributed by atoms with Crippen LogP contribution in [-0.4, -0.2) is 31.6 Å². The van der Waals surface area contributed by atoms with Crippen LogP contribution >= 0.6 is 0 Å². The highest BCUT2D eigenvalue weighted by atomic mass is 16.5. The molecule has 1 rings (SSSR count). The minimum atomic E-state index is 0.534. The van der Waals surface area contributed by atoms with Crippen molar-refractivity contribution in [2.24, 2.45) is 0 Å². The highest BCUT2D eigenvalue weighted by molar-refractivity contribution is 5.33. The maximum Gasteiger partial charge on any atom is 0.122 e. The van der Waals surface area contributed by atoms with E-state index in [1.807, 2.05) is 19.1 Å². The number of hydrogen-bond acceptors (Lipinski definition) is 2. The first kappa shape index (κ1) is 12.1. The molecule has 15 heavy (non-hydrogen) atoms. The van der Waals surface area contributed by atoms with Crippen LogP contribution in [0.2, 0.25) is 0 Å². The number of benzene rings is 1. The van der Waals surface area contributed by atoms with E-state index in [2.05, 4.69) is 38.1 Å². The highest BCUT2D eigenvalue weighted by Crippen LogP contribution is 2.20.